The SMILES string of the molecule is CC(C)N1CCC(Nc2c(Cl)cc(F)cc2Br)C1. The predicted octanol–water partition coefficient (Wildman–Crippen LogP) is 4.14. The van der Waals surface area contributed by atoms with Crippen LogP contribution in [-0.4, -0.2) is 30.1 Å². The van der Waals surface area contributed by atoms with Crippen LogP contribution in [0.2, 0.25) is 5.02 Å². The van der Waals surface area contributed by atoms with Gasteiger partial charge in [0.25, 0.3) is 0 Å². The zero-order valence-electron chi connectivity index (χ0n) is 10.5. The highest BCUT2D eigenvalue weighted by molar-refractivity contribution is 9.10. The summed E-state index contributed by atoms with van der Waals surface area (Å²) < 4.78 is 13.8. The van der Waals surface area contributed by atoms with Crippen LogP contribution in [0.25, 0.3) is 0 Å². The third-order valence-corrected chi connectivity index (χ3v) is 4.23. The highest BCUT2D eigenvalue weighted by atomic mass is 79.9. The van der Waals surface area contributed by atoms with Crippen LogP contribution < -0.4 is 5.32 Å². The molecule has 1 atom stereocenters. The number of anilines is 1. The zero-order valence-corrected chi connectivity index (χ0v) is 12.9. The fraction of sp³-hybridized carbons (Fsp3) is 0.538. The Morgan fingerprint density at radius 3 is 2.78 bits per heavy atom. The minimum atomic E-state index is -0.326. The summed E-state index contributed by atoms with van der Waals surface area (Å²) in [5.41, 5.74) is 0.786. The first-order chi connectivity index (χ1) is 8.47. The molecule has 1 aromatic carbocycles. The largest absolute Gasteiger partial charge is 0.379 e. The van der Waals surface area contributed by atoms with Gasteiger partial charge in [-0.05, 0) is 48.3 Å². The van der Waals surface area contributed by atoms with Gasteiger partial charge in [-0.25, -0.2) is 4.39 Å². The van der Waals surface area contributed by atoms with Gasteiger partial charge in [-0.15, -0.1) is 0 Å². The lowest BCUT2D eigenvalue weighted by molar-refractivity contribution is 0.274. The van der Waals surface area contributed by atoms with Crippen LogP contribution in [0.5, 0.6) is 0 Å². The van der Waals surface area contributed by atoms with E-state index in [1.54, 1.807) is 0 Å². The summed E-state index contributed by atoms with van der Waals surface area (Å²) in [7, 11) is 0. The zero-order chi connectivity index (χ0) is 13.3. The number of hydrogen-bond donors (Lipinski definition) is 1. The van der Waals surface area contributed by atoms with E-state index in [4.69, 9.17) is 11.6 Å². The Hall–Kier alpha value is -0.320. The molecule has 1 N–H and O–H groups in total. The Kier molecular flexibility index (Phi) is 4.51. The molecule has 1 unspecified atom stereocenters. The first-order valence-corrected chi connectivity index (χ1v) is 7.29. The average molecular weight is 336 g/mol. The highest BCUT2D eigenvalue weighted by Crippen LogP contribution is 2.33. The molecule has 0 amide bonds. The van der Waals surface area contributed by atoms with Gasteiger partial charge in [0, 0.05) is 29.6 Å². The van der Waals surface area contributed by atoms with Gasteiger partial charge in [-0.1, -0.05) is 11.6 Å². The van der Waals surface area contributed by atoms with Crippen LogP contribution in [0.15, 0.2) is 16.6 Å². The quantitative estimate of drug-likeness (QED) is 0.893. The Bertz CT molecular complexity index is 416. The normalized spacial score (nSPS) is 20.7. The van der Waals surface area contributed by atoms with Gasteiger partial charge in [0.1, 0.15) is 5.82 Å². The Morgan fingerprint density at radius 1 is 1.50 bits per heavy atom. The van der Waals surface area contributed by atoms with E-state index in [0.29, 0.717) is 21.6 Å². The molecule has 0 radical (unpaired) electrons. The summed E-state index contributed by atoms with van der Waals surface area (Å²) in [5.74, 6) is -0.326. The van der Waals surface area contributed by atoms with Gasteiger partial charge < -0.3 is 5.32 Å². The molecule has 5 heteroatoms. The van der Waals surface area contributed by atoms with E-state index in [1.807, 2.05) is 0 Å². The van der Waals surface area contributed by atoms with Gasteiger partial charge in [-0.2, -0.15) is 0 Å². The van der Waals surface area contributed by atoms with Crippen molar-refractivity contribution in [2.75, 3.05) is 18.4 Å². The molecule has 100 valence electrons. The third-order valence-electron chi connectivity index (χ3n) is 3.31. The summed E-state index contributed by atoms with van der Waals surface area (Å²) in [5, 5.41) is 3.82. The molecule has 0 bridgehead atoms. The molecule has 0 aliphatic carbocycles. The third kappa shape index (κ3) is 3.16. The second-order valence-electron chi connectivity index (χ2n) is 4.96. The summed E-state index contributed by atoms with van der Waals surface area (Å²) in [6, 6.07) is 3.70. The van der Waals surface area contributed by atoms with E-state index in [2.05, 4.69) is 40.0 Å². The molecular formula is C13H17BrClFN2. The minimum absolute atomic E-state index is 0.326. The first kappa shape index (κ1) is 14.1. The molecule has 1 aliphatic rings. The lowest BCUT2D eigenvalue weighted by Gasteiger charge is -2.21. The van der Waals surface area contributed by atoms with Crippen molar-refractivity contribution in [3.05, 3.63) is 27.4 Å². The molecule has 1 heterocycles. The van der Waals surface area contributed by atoms with Crippen LogP contribution in [0.3, 0.4) is 0 Å². The highest BCUT2D eigenvalue weighted by Gasteiger charge is 2.25. The Balaban J connectivity index is 2.07. The number of likely N-dealkylation sites (tertiary alicyclic amines) is 1. The van der Waals surface area contributed by atoms with E-state index >= 15 is 0 Å². The number of hydrogen-bond acceptors (Lipinski definition) is 2. The molecule has 1 fully saturated rings. The Morgan fingerprint density at radius 2 is 2.22 bits per heavy atom. The molecule has 1 saturated heterocycles. The van der Waals surface area contributed by atoms with Gasteiger partial charge >= 0.3 is 0 Å². The van der Waals surface area contributed by atoms with Gasteiger partial charge in [0.15, 0.2) is 0 Å². The average Bonchev–Trinajstić information content (AvgIpc) is 2.71. The van der Waals surface area contributed by atoms with Crippen molar-refractivity contribution in [3.63, 3.8) is 0 Å². The van der Waals surface area contributed by atoms with Crippen LogP contribution in [-0.2, 0) is 0 Å². The molecule has 2 nitrogen and oxygen atoms in total. The van der Waals surface area contributed by atoms with Gasteiger partial charge in [-0.3, -0.25) is 4.90 Å². The summed E-state index contributed by atoms with van der Waals surface area (Å²) in [6.07, 6.45) is 1.08. The summed E-state index contributed by atoms with van der Waals surface area (Å²) in [6.45, 7) is 6.48. The van der Waals surface area contributed by atoms with Crippen LogP contribution in [0.1, 0.15) is 20.3 Å². The maximum atomic E-state index is 13.1. The maximum absolute atomic E-state index is 13.1. The van der Waals surface area contributed by atoms with E-state index in [0.717, 1.165) is 25.2 Å². The monoisotopic (exact) mass is 334 g/mol. The van der Waals surface area contributed by atoms with E-state index in [1.165, 1.54) is 12.1 Å². The lowest BCUT2D eigenvalue weighted by atomic mass is 10.2. The van der Waals surface area contributed by atoms with Crippen LogP contribution >= 0.6 is 27.5 Å². The van der Waals surface area contributed by atoms with Crippen LogP contribution in [0, 0.1) is 5.82 Å². The number of nitrogens with zero attached hydrogens (tertiary/aromatic N) is 1. The van der Waals surface area contributed by atoms with Crippen molar-refractivity contribution in [2.24, 2.45) is 0 Å². The van der Waals surface area contributed by atoms with Crippen LogP contribution in [0.4, 0.5) is 10.1 Å². The molecule has 2 rings (SSSR count). The maximum Gasteiger partial charge on any atom is 0.125 e. The smallest absolute Gasteiger partial charge is 0.125 e. The van der Waals surface area contributed by atoms with Gasteiger partial charge in [0.2, 0.25) is 0 Å². The first-order valence-electron chi connectivity index (χ1n) is 6.12. The summed E-state index contributed by atoms with van der Waals surface area (Å²) in [4.78, 5) is 2.42. The second kappa shape index (κ2) is 5.76. The fourth-order valence-electron chi connectivity index (χ4n) is 2.26. The second-order valence-corrected chi connectivity index (χ2v) is 6.22. The molecule has 0 aromatic heterocycles. The molecule has 1 aromatic rings. The molecule has 0 saturated carbocycles. The van der Waals surface area contributed by atoms with Crippen molar-refractivity contribution in [2.45, 2.75) is 32.4 Å². The number of rotatable bonds is 3. The topological polar surface area (TPSA) is 15.3 Å². The van der Waals surface area contributed by atoms with Crippen molar-refractivity contribution < 1.29 is 4.39 Å². The van der Waals surface area contributed by atoms with Crippen molar-refractivity contribution in [1.82, 2.24) is 4.90 Å². The number of benzene rings is 1. The van der Waals surface area contributed by atoms with E-state index < -0.39 is 0 Å². The van der Waals surface area contributed by atoms with E-state index in [9.17, 15) is 4.39 Å². The standard InChI is InChI=1S/C13H17BrClFN2/c1-8(2)18-4-3-10(7-18)17-13-11(14)5-9(16)6-12(13)15/h5-6,8,10,17H,3-4,7H2,1-2H3. The molecule has 18 heavy (non-hydrogen) atoms. The lowest BCUT2D eigenvalue weighted by Crippen LogP contribution is -2.31. The molecule has 1 aliphatic heterocycles. The minimum Gasteiger partial charge on any atom is -0.379 e. The number of nitrogens with one attached hydrogen (secondary N) is 1. The number of halogens is 3. The summed E-state index contributed by atoms with van der Waals surface area (Å²) >= 11 is 9.41. The van der Waals surface area contributed by atoms with Crippen molar-refractivity contribution in [3.8, 4) is 0 Å². The van der Waals surface area contributed by atoms with Crippen molar-refractivity contribution in [1.29, 1.82) is 0 Å². The van der Waals surface area contributed by atoms with Gasteiger partial charge in [0.05, 0.1) is 10.7 Å². The fourth-order valence-corrected chi connectivity index (χ4v) is 3.18. The van der Waals surface area contributed by atoms with Crippen molar-refractivity contribution >= 4 is 33.2 Å². The molecule has 0 spiro atoms. The molecular weight excluding hydrogens is 319 g/mol. The van der Waals surface area contributed by atoms with E-state index in [-0.39, 0.29) is 5.82 Å². The predicted molar refractivity (Wildman–Crippen MR) is 77.8 cm³/mol. The Labute approximate surface area is 121 Å².